The molecule has 2 N–H and O–H groups in total. The van der Waals surface area contributed by atoms with Gasteiger partial charge in [-0.15, -0.1) is 0 Å². The number of hydrogen-bond donors (Lipinski definition) is 2. The number of ether oxygens (including phenoxy) is 1. The number of nitrogens with zero attached hydrogens (tertiary/aromatic N) is 2. The summed E-state index contributed by atoms with van der Waals surface area (Å²) >= 11 is 12.3. The number of benzene rings is 1. The van der Waals surface area contributed by atoms with Crippen LogP contribution in [0.25, 0.3) is 0 Å². The maximum Gasteiger partial charge on any atom is 0.405 e. The van der Waals surface area contributed by atoms with Gasteiger partial charge in [0, 0.05) is 41.1 Å². The van der Waals surface area contributed by atoms with Crippen molar-refractivity contribution in [1.29, 1.82) is 0 Å². The lowest BCUT2D eigenvalue weighted by Gasteiger charge is -2.32. The molecule has 1 aromatic heterocycles. The highest BCUT2D eigenvalue weighted by Gasteiger charge is 2.32. The Kier molecular flexibility index (Phi) is 8.12. The third-order valence-electron chi connectivity index (χ3n) is 5.08. The summed E-state index contributed by atoms with van der Waals surface area (Å²) in [4.78, 5) is 15.1. The average Bonchev–Trinajstić information content (AvgIpc) is 2.73. The standard InChI is InChI=1S/C20H23Cl2N3O5S/c21-17-4-1-5-18(22)16(17)12-30-15-6-9-25(10-7-15)31(28,29)13-19(24-20(26)27)14-3-2-8-23-11-14/h1-5,8,11,15,19,24H,6-7,9-10,12-13H2,(H,26,27)/t19-/m0/s1. The van der Waals surface area contributed by atoms with Crippen LogP contribution in [0.2, 0.25) is 10.0 Å². The Hall–Kier alpha value is -1.91. The Bertz CT molecular complexity index is 979. The molecule has 31 heavy (non-hydrogen) atoms. The van der Waals surface area contributed by atoms with E-state index in [1.807, 2.05) is 0 Å². The maximum absolute atomic E-state index is 12.9. The second kappa shape index (κ2) is 10.6. The molecule has 0 radical (unpaired) electrons. The zero-order valence-corrected chi connectivity index (χ0v) is 18.9. The molecule has 1 aliphatic heterocycles. The number of piperidine rings is 1. The molecule has 0 bridgehead atoms. The third kappa shape index (κ3) is 6.54. The molecule has 0 unspecified atom stereocenters. The van der Waals surface area contributed by atoms with Gasteiger partial charge in [0.2, 0.25) is 10.0 Å². The average molecular weight is 488 g/mol. The number of carboxylic acid groups (broad SMARTS) is 1. The summed E-state index contributed by atoms with van der Waals surface area (Å²) in [6, 6.07) is 7.61. The van der Waals surface area contributed by atoms with Gasteiger partial charge in [0.25, 0.3) is 0 Å². The van der Waals surface area contributed by atoms with Crippen molar-refractivity contribution in [3.8, 4) is 0 Å². The molecule has 11 heteroatoms. The Labute approximate surface area is 191 Å². The fraction of sp³-hybridized carbons (Fsp3) is 0.400. The van der Waals surface area contributed by atoms with Gasteiger partial charge in [0.15, 0.2) is 0 Å². The van der Waals surface area contributed by atoms with Crippen LogP contribution in [0.3, 0.4) is 0 Å². The first-order valence-corrected chi connectivity index (χ1v) is 12.0. The predicted octanol–water partition coefficient (Wildman–Crippen LogP) is 3.71. The van der Waals surface area contributed by atoms with Crippen molar-refractivity contribution >= 4 is 39.3 Å². The van der Waals surface area contributed by atoms with Crippen molar-refractivity contribution in [2.45, 2.75) is 31.6 Å². The fourth-order valence-corrected chi connectivity index (χ4v) is 5.60. The molecule has 1 amide bonds. The lowest BCUT2D eigenvalue weighted by atomic mass is 10.1. The Morgan fingerprint density at radius 3 is 2.48 bits per heavy atom. The minimum Gasteiger partial charge on any atom is -0.465 e. The molecule has 1 saturated heterocycles. The SMILES string of the molecule is O=C(O)N[C@@H](CS(=O)(=O)N1CCC(OCc2c(Cl)cccc2Cl)CC1)c1cccnc1. The molecule has 0 aliphatic carbocycles. The summed E-state index contributed by atoms with van der Waals surface area (Å²) in [5.41, 5.74) is 1.20. The van der Waals surface area contributed by atoms with Crippen molar-refractivity contribution in [1.82, 2.24) is 14.6 Å². The summed E-state index contributed by atoms with van der Waals surface area (Å²) in [7, 11) is -3.70. The molecule has 0 spiro atoms. The van der Waals surface area contributed by atoms with Crippen molar-refractivity contribution < 1.29 is 23.1 Å². The van der Waals surface area contributed by atoms with Crippen molar-refractivity contribution in [2.75, 3.05) is 18.8 Å². The zero-order valence-electron chi connectivity index (χ0n) is 16.6. The third-order valence-corrected chi connectivity index (χ3v) is 7.70. The van der Waals surface area contributed by atoms with E-state index in [1.54, 1.807) is 30.3 Å². The molecule has 2 heterocycles. The minimum atomic E-state index is -3.70. The van der Waals surface area contributed by atoms with E-state index in [4.69, 9.17) is 33.0 Å². The summed E-state index contributed by atoms with van der Waals surface area (Å²) < 4.78 is 33.1. The van der Waals surface area contributed by atoms with E-state index >= 15 is 0 Å². The molecule has 1 atom stereocenters. The van der Waals surface area contributed by atoms with Crippen molar-refractivity contribution in [3.63, 3.8) is 0 Å². The molecule has 168 valence electrons. The Balaban J connectivity index is 1.58. The second-order valence-corrected chi connectivity index (χ2v) is 10.0. The lowest BCUT2D eigenvalue weighted by molar-refractivity contribution is 0.0103. The molecule has 1 aromatic carbocycles. The van der Waals surface area contributed by atoms with Crippen LogP contribution in [0, 0.1) is 0 Å². The van der Waals surface area contributed by atoms with Crippen molar-refractivity contribution in [2.24, 2.45) is 0 Å². The monoisotopic (exact) mass is 487 g/mol. The van der Waals surface area contributed by atoms with Crippen LogP contribution in [0.4, 0.5) is 4.79 Å². The van der Waals surface area contributed by atoms with Gasteiger partial charge in [0.1, 0.15) is 0 Å². The van der Waals surface area contributed by atoms with Gasteiger partial charge < -0.3 is 15.2 Å². The number of amides is 1. The van der Waals surface area contributed by atoms with E-state index in [0.29, 0.717) is 34.0 Å². The highest BCUT2D eigenvalue weighted by molar-refractivity contribution is 7.89. The summed E-state index contributed by atoms with van der Waals surface area (Å²) in [6.45, 7) is 0.827. The highest BCUT2D eigenvalue weighted by atomic mass is 35.5. The molecule has 3 rings (SSSR count). The first-order valence-electron chi connectivity index (χ1n) is 9.68. The summed E-state index contributed by atoms with van der Waals surface area (Å²) in [6.07, 6.45) is 2.61. The summed E-state index contributed by atoms with van der Waals surface area (Å²) in [5.74, 6) is -0.383. The van der Waals surface area contributed by atoms with E-state index in [9.17, 15) is 13.2 Å². The Morgan fingerprint density at radius 2 is 1.90 bits per heavy atom. The number of halogens is 2. The lowest BCUT2D eigenvalue weighted by Crippen LogP contribution is -2.44. The van der Waals surface area contributed by atoms with Crippen LogP contribution in [-0.4, -0.2) is 53.9 Å². The van der Waals surface area contributed by atoms with Gasteiger partial charge in [-0.1, -0.05) is 35.3 Å². The smallest absolute Gasteiger partial charge is 0.405 e. The van der Waals surface area contributed by atoms with E-state index in [0.717, 1.165) is 0 Å². The number of aromatic nitrogens is 1. The molecule has 2 aromatic rings. The second-order valence-electron chi connectivity index (χ2n) is 7.18. The van der Waals surface area contributed by atoms with Gasteiger partial charge in [-0.25, -0.2) is 17.5 Å². The van der Waals surface area contributed by atoms with Crippen LogP contribution < -0.4 is 5.32 Å². The number of carbonyl (C=O) groups is 1. The topological polar surface area (TPSA) is 109 Å². The molecule has 1 aliphatic rings. The summed E-state index contributed by atoms with van der Waals surface area (Å²) in [5, 5.41) is 12.4. The normalized spacial score (nSPS) is 16.7. The van der Waals surface area contributed by atoms with Gasteiger partial charge in [-0.05, 0) is 36.6 Å². The van der Waals surface area contributed by atoms with Gasteiger partial charge >= 0.3 is 6.09 Å². The quantitative estimate of drug-likeness (QED) is 0.587. The van der Waals surface area contributed by atoms with Crippen LogP contribution in [0.5, 0.6) is 0 Å². The van der Waals surface area contributed by atoms with Crippen LogP contribution in [0.15, 0.2) is 42.7 Å². The minimum absolute atomic E-state index is 0.120. The molecule has 0 saturated carbocycles. The van der Waals surface area contributed by atoms with E-state index in [2.05, 4.69) is 10.3 Å². The van der Waals surface area contributed by atoms with E-state index < -0.39 is 22.2 Å². The van der Waals surface area contributed by atoms with Gasteiger partial charge in [-0.2, -0.15) is 0 Å². The van der Waals surface area contributed by atoms with E-state index in [-0.39, 0.29) is 31.6 Å². The maximum atomic E-state index is 12.9. The molecular weight excluding hydrogens is 465 g/mol. The highest BCUT2D eigenvalue weighted by Crippen LogP contribution is 2.27. The molecule has 1 fully saturated rings. The number of hydrogen-bond acceptors (Lipinski definition) is 5. The fourth-order valence-electron chi connectivity index (χ4n) is 3.42. The van der Waals surface area contributed by atoms with E-state index in [1.165, 1.54) is 16.7 Å². The first-order chi connectivity index (χ1) is 14.8. The zero-order chi connectivity index (χ0) is 22.4. The number of pyridine rings is 1. The molecular formula is C20H23Cl2N3O5S. The number of rotatable bonds is 8. The first kappa shape index (κ1) is 23.7. The van der Waals surface area contributed by atoms with Crippen LogP contribution >= 0.6 is 23.2 Å². The predicted molar refractivity (Wildman–Crippen MR) is 118 cm³/mol. The Morgan fingerprint density at radius 1 is 1.23 bits per heavy atom. The van der Waals surface area contributed by atoms with Gasteiger partial charge in [-0.3, -0.25) is 4.98 Å². The van der Waals surface area contributed by atoms with Crippen LogP contribution in [0.1, 0.15) is 30.0 Å². The molecule has 8 nitrogen and oxygen atoms in total. The van der Waals surface area contributed by atoms with Crippen molar-refractivity contribution in [3.05, 3.63) is 63.9 Å². The number of nitrogens with one attached hydrogen (secondary N) is 1. The van der Waals surface area contributed by atoms with Gasteiger partial charge in [0.05, 0.1) is 24.5 Å². The van der Waals surface area contributed by atoms with Crippen LogP contribution in [-0.2, 0) is 21.4 Å². The number of sulfonamides is 1. The largest absolute Gasteiger partial charge is 0.465 e.